The van der Waals surface area contributed by atoms with Crippen molar-refractivity contribution in [3.8, 4) is 5.75 Å². The van der Waals surface area contributed by atoms with Gasteiger partial charge in [-0.25, -0.2) is 0 Å². The molecule has 0 unspecified atom stereocenters. The van der Waals surface area contributed by atoms with Gasteiger partial charge in [0.1, 0.15) is 11.8 Å². The van der Waals surface area contributed by atoms with Crippen LogP contribution < -0.4 is 10.1 Å². The Bertz CT molecular complexity index is 893. The van der Waals surface area contributed by atoms with E-state index in [1.807, 2.05) is 39.8 Å². The average Bonchev–Trinajstić information content (AvgIpc) is 2.74. The van der Waals surface area contributed by atoms with E-state index in [1.165, 1.54) is 4.90 Å². The molecule has 7 heteroatoms. The third kappa shape index (κ3) is 7.15. The van der Waals surface area contributed by atoms with E-state index >= 15 is 0 Å². The van der Waals surface area contributed by atoms with Crippen LogP contribution in [0.25, 0.3) is 0 Å². The van der Waals surface area contributed by atoms with Crippen LogP contribution in [0.3, 0.4) is 0 Å². The predicted octanol–water partition coefficient (Wildman–Crippen LogP) is 5.32. The van der Waals surface area contributed by atoms with Gasteiger partial charge in [0.15, 0.2) is 6.61 Å². The molecular weight excluding hydrogens is 435 g/mol. The molecule has 2 rings (SSSR count). The zero-order chi connectivity index (χ0) is 23.1. The Morgan fingerprint density at radius 1 is 1.06 bits per heavy atom. The maximum absolute atomic E-state index is 13.1. The van der Waals surface area contributed by atoms with Gasteiger partial charge in [-0.1, -0.05) is 42.3 Å². The Balaban J connectivity index is 2.18. The molecule has 0 saturated heterocycles. The molecule has 0 bridgehead atoms. The van der Waals surface area contributed by atoms with Gasteiger partial charge >= 0.3 is 0 Å². The molecule has 2 amide bonds. The van der Waals surface area contributed by atoms with Crippen molar-refractivity contribution >= 4 is 35.0 Å². The number of carbonyl (C=O) groups excluding carboxylic acids is 2. The quantitative estimate of drug-likeness (QED) is 0.545. The second-order valence-electron chi connectivity index (χ2n) is 7.80. The summed E-state index contributed by atoms with van der Waals surface area (Å²) in [6.45, 7) is 9.51. The van der Waals surface area contributed by atoms with E-state index in [1.54, 1.807) is 31.2 Å². The van der Waals surface area contributed by atoms with E-state index in [2.05, 4.69) is 5.32 Å². The standard InChI is InChI=1S/C24H30Cl2N2O3/c1-6-17(4)27-24(30)18(5)28(13-19-7-9-20(25)10-8-19)22(29)14-31-21-11-15(2)23(26)16(3)12-21/h7-12,17-18H,6,13-14H2,1-5H3,(H,27,30)/t17-,18+/m0/s1. The van der Waals surface area contributed by atoms with E-state index in [9.17, 15) is 9.59 Å². The second-order valence-corrected chi connectivity index (χ2v) is 8.62. The zero-order valence-electron chi connectivity index (χ0n) is 18.7. The van der Waals surface area contributed by atoms with E-state index in [0.29, 0.717) is 15.8 Å². The molecule has 0 aliphatic rings. The lowest BCUT2D eigenvalue weighted by Crippen LogP contribution is -2.50. The van der Waals surface area contributed by atoms with Gasteiger partial charge in [0.2, 0.25) is 5.91 Å². The minimum Gasteiger partial charge on any atom is -0.484 e. The van der Waals surface area contributed by atoms with Gasteiger partial charge in [0, 0.05) is 22.6 Å². The molecule has 31 heavy (non-hydrogen) atoms. The lowest BCUT2D eigenvalue weighted by molar-refractivity contribution is -0.142. The number of carbonyl (C=O) groups is 2. The summed E-state index contributed by atoms with van der Waals surface area (Å²) in [6.07, 6.45) is 0.808. The van der Waals surface area contributed by atoms with E-state index in [4.69, 9.17) is 27.9 Å². The Morgan fingerprint density at radius 3 is 2.19 bits per heavy atom. The highest BCUT2D eigenvalue weighted by Gasteiger charge is 2.27. The summed E-state index contributed by atoms with van der Waals surface area (Å²) < 4.78 is 5.75. The highest BCUT2D eigenvalue weighted by molar-refractivity contribution is 6.32. The number of halogens is 2. The highest BCUT2D eigenvalue weighted by atomic mass is 35.5. The van der Waals surface area contributed by atoms with Gasteiger partial charge in [-0.15, -0.1) is 0 Å². The summed E-state index contributed by atoms with van der Waals surface area (Å²) in [4.78, 5) is 27.3. The van der Waals surface area contributed by atoms with Crippen molar-refractivity contribution in [3.63, 3.8) is 0 Å². The first-order valence-electron chi connectivity index (χ1n) is 10.4. The van der Waals surface area contributed by atoms with Crippen molar-refractivity contribution in [2.24, 2.45) is 0 Å². The van der Waals surface area contributed by atoms with Crippen LogP contribution in [0.4, 0.5) is 0 Å². The van der Waals surface area contributed by atoms with Crippen molar-refractivity contribution in [2.45, 2.75) is 59.7 Å². The van der Waals surface area contributed by atoms with E-state index in [0.717, 1.165) is 23.1 Å². The molecule has 0 saturated carbocycles. The highest BCUT2D eigenvalue weighted by Crippen LogP contribution is 2.26. The fraction of sp³-hybridized carbons (Fsp3) is 0.417. The maximum atomic E-state index is 13.1. The van der Waals surface area contributed by atoms with Crippen LogP contribution in [0.2, 0.25) is 10.0 Å². The van der Waals surface area contributed by atoms with Crippen LogP contribution >= 0.6 is 23.2 Å². The second kappa shape index (κ2) is 11.4. The minimum absolute atomic E-state index is 0.0266. The van der Waals surface area contributed by atoms with Gasteiger partial charge in [-0.3, -0.25) is 9.59 Å². The number of hydrogen-bond donors (Lipinski definition) is 1. The van der Waals surface area contributed by atoms with Crippen LogP contribution in [-0.4, -0.2) is 35.4 Å². The number of nitrogens with one attached hydrogen (secondary N) is 1. The Morgan fingerprint density at radius 2 is 1.65 bits per heavy atom. The molecule has 2 atom stereocenters. The number of aryl methyl sites for hydroxylation is 2. The van der Waals surface area contributed by atoms with Crippen LogP contribution in [-0.2, 0) is 16.1 Å². The third-order valence-electron chi connectivity index (χ3n) is 5.21. The number of hydrogen-bond acceptors (Lipinski definition) is 3. The van der Waals surface area contributed by atoms with Crippen LogP contribution in [0.5, 0.6) is 5.75 Å². The molecule has 0 aliphatic heterocycles. The van der Waals surface area contributed by atoms with Crippen molar-refractivity contribution < 1.29 is 14.3 Å². The number of rotatable bonds is 9. The molecular formula is C24H30Cl2N2O3. The number of ether oxygens (including phenoxy) is 1. The lowest BCUT2D eigenvalue weighted by Gasteiger charge is -2.29. The van der Waals surface area contributed by atoms with Gasteiger partial charge in [-0.05, 0) is 75.1 Å². The molecule has 0 aliphatic carbocycles. The summed E-state index contributed by atoms with van der Waals surface area (Å²) in [5.41, 5.74) is 2.63. The molecule has 1 N–H and O–H groups in total. The molecule has 168 valence electrons. The molecule has 0 spiro atoms. The van der Waals surface area contributed by atoms with Crippen molar-refractivity contribution in [2.75, 3.05) is 6.61 Å². The van der Waals surface area contributed by atoms with Crippen LogP contribution in [0, 0.1) is 13.8 Å². The van der Waals surface area contributed by atoms with Crippen molar-refractivity contribution in [3.05, 3.63) is 63.1 Å². The molecule has 0 heterocycles. The SMILES string of the molecule is CC[C@H](C)NC(=O)[C@@H](C)N(Cc1ccc(Cl)cc1)C(=O)COc1cc(C)c(Cl)c(C)c1. The fourth-order valence-electron chi connectivity index (χ4n) is 3.05. The zero-order valence-corrected chi connectivity index (χ0v) is 20.2. The van der Waals surface area contributed by atoms with Crippen molar-refractivity contribution in [1.29, 1.82) is 0 Å². The van der Waals surface area contributed by atoms with E-state index < -0.39 is 6.04 Å². The lowest BCUT2D eigenvalue weighted by atomic mass is 10.1. The number of benzene rings is 2. The summed E-state index contributed by atoms with van der Waals surface area (Å²) in [5.74, 6) is 0.0813. The van der Waals surface area contributed by atoms with Gasteiger partial charge in [-0.2, -0.15) is 0 Å². The smallest absolute Gasteiger partial charge is 0.261 e. The first kappa shape index (κ1) is 25.0. The maximum Gasteiger partial charge on any atom is 0.261 e. The fourth-order valence-corrected chi connectivity index (χ4v) is 3.29. The van der Waals surface area contributed by atoms with E-state index in [-0.39, 0.29) is 31.0 Å². The van der Waals surface area contributed by atoms with Gasteiger partial charge in [0.25, 0.3) is 5.91 Å². The third-order valence-corrected chi connectivity index (χ3v) is 6.05. The molecule has 0 fully saturated rings. The topological polar surface area (TPSA) is 58.6 Å². The van der Waals surface area contributed by atoms with Gasteiger partial charge < -0.3 is 15.0 Å². The average molecular weight is 465 g/mol. The summed E-state index contributed by atoms with van der Waals surface area (Å²) in [6, 6.07) is 10.2. The number of nitrogens with zero attached hydrogens (tertiary/aromatic N) is 1. The summed E-state index contributed by atoms with van der Waals surface area (Å²) in [5, 5.41) is 4.24. The Hall–Kier alpha value is -2.24. The van der Waals surface area contributed by atoms with Crippen molar-refractivity contribution in [1.82, 2.24) is 10.2 Å². The van der Waals surface area contributed by atoms with Gasteiger partial charge in [0.05, 0.1) is 0 Å². The minimum atomic E-state index is -0.658. The van der Waals surface area contributed by atoms with Crippen LogP contribution in [0.15, 0.2) is 36.4 Å². The largest absolute Gasteiger partial charge is 0.484 e. The Kier molecular flexibility index (Phi) is 9.20. The first-order chi connectivity index (χ1) is 14.6. The molecule has 0 radical (unpaired) electrons. The normalized spacial score (nSPS) is 12.7. The first-order valence-corrected chi connectivity index (χ1v) is 11.1. The molecule has 5 nitrogen and oxygen atoms in total. The molecule has 2 aromatic carbocycles. The molecule has 0 aromatic heterocycles. The molecule has 2 aromatic rings. The monoisotopic (exact) mass is 464 g/mol. The summed E-state index contributed by atoms with van der Waals surface area (Å²) >= 11 is 12.2. The number of amides is 2. The Labute approximate surface area is 194 Å². The van der Waals surface area contributed by atoms with Crippen LogP contribution in [0.1, 0.15) is 43.9 Å². The predicted molar refractivity (Wildman–Crippen MR) is 126 cm³/mol. The summed E-state index contributed by atoms with van der Waals surface area (Å²) in [7, 11) is 0.